The van der Waals surface area contributed by atoms with Gasteiger partial charge in [0, 0.05) is 5.41 Å². The molecule has 1 saturated carbocycles. The Morgan fingerprint density at radius 2 is 0.810 bits per heavy atom. The fourth-order valence-corrected chi connectivity index (χ4v) is 9.26. The van der Waals surface area contributed by atoms with E-state index in [9.17, 15) is 18.9 Å². The number of rotatable bonds is 8. The largest absolute Gasteiger partial charge is 0.223 e. The van der Waals surface area contributed by atoms with Gasteiger partial charge in [0.2, 0.25) is 0 Å². The Morgan fingerprint density at radius 3 is 1.10 bits per heavy atom. The second kappa shape index (κ2) is 10.5. The monoisotopic (exact) mass is 564 g/mol. The van der Waals surface area contributed by atoms with Crippen molar-refractivity contribution >= 4 is 9.84 Å². The summed E-state index contributed by atoms with van der Waals surface area (Å²) >= 11 is 0. The van der Waals surface area contributed by atoms with Gasteiger partial charge in [-0.25, -0.2) is 8.42 Å². The summed E-state index contributed by atoms with van der Waals surface area (Å²) in [6.07, 6.45) is 0.110. The molecule has 0 heterocycles. The second-order valence-electron chi connectivity index (χ2n) is 10.7. The number of hydrogen-bond donors (Lipinski definition) is 0. The smallest absolute Gasteiger partial charge is 0.181 e. The van der Waals surface area contributed by atoms with Crippen LogP contribution in [0.5, 0.6) is 0 Å². The van der Waals surface area contributed by atoms with E-state index in [1.54, 1.807) is 30.3 Å². The first-order valence-electron chi connectivity index (χ1n) is 13.8. The van der Waals surface area contributed by atoms with E-state index in [4.69, 9.17) is 0 Å². The maximum absolute atomic E-state index is 14.6. The van der Waals surface area contributed by atoms with Gasteiger partial charge in [0.05, 0.1) is 22.3 Å². The molecule has 0 radical (unpaired) electrons. The van der Waals surface area contributed by atoms with Crippen LogP contribution in [0, 0.1) is 28.1 Å². The van der Waals surface area contributed by atoms with Gasteiger partial charge in [0.1, 0.15) is 10.8 Å². The van der Waals surface area contributed by atoms with Crippen LogP contribution in [0.25, 0.3) is 0 Å². The topological polar surface area (TPSA) is 81.7 Å². The first-order valence-corrected chi connectivity index (χ1v) is 15.4. The highest BCUT2D eigenvalue weighted by atomic mass is 32.2. The molecular formula is C37H28N2O2S. The van der Waals surface area contributed by atoms with Crippen molar-refractivity contribution in [2.75, 3.05) is 0 Å². The fourth-order valence-electron chi connectivity index (χ4n) is 7.03. The minimum Gasteiger partial charge on any atom is -0.223 e. The molecule has 1 aliphatic rings. The predicted octanol–water partition coefficient (Wildman–Crippen LogP) is 7.24. The van der Waals surface area contributed by atoms with E-state index < -0.39 is 31.3 Å². The summed E-state index contributed by atoms with van der Waals surface area (Å²) in [5.74, 6) is 0. The van der Waals surface area contributed by atoms with Gasteiger partial charge in [-0.05, 0) is 40.8 Å². The molecule has 0 aromatic heterocycles. The Morgan fingerprint density at radius 1 is 0.524 bits per heavy atom. The van der Waals surface area contributed by atoms with Crippen LogP contribution in [0.3, 0.4) is 0 Å². The number of sulfone groups is 1. The summed E-state index contributed by atoms with van der Waals surface area (Å²) in [6.45, 7) is 0. The van der Waals surface area contributed by atoms with E-state index >= 15 is 0 Å². The minimum atomic E-state index is -3.99. The highest BCUT2D eigenvalue weighted by molar-refractivity contribution is 7.92. The van der Waals surface area contributed by atoms with Gasteiger partial charge < -0.3 is 0 Å². The summed E-state index contributed by atoms with van der Waals surface area (Å²) in [4.78, 5) is 0.179. The van der Waals surface area contributed by atoms with Crippen LogP contribution in [-0.2, 0) is 20.7 Å². The lowest BCUT2D eigenvalue weighted by atomic mass is 9.51. The van der Waals surface area contributed by atoms with E-state index in [-0.39, 0.29) is 11.3 Å². The van der Waals surface area contributed by atoms with Crippen LogP contribution in [-0.4, -0.2) is 13.7 Å². The van der Waals surface area contributed by atoms with Gasteiger partial charge in [-0.2, -0.15) is 10.5 Å². The molecule has 5 heteroatoms. The Kier molecular flexibility index (Phi) is 6.77. The van der Waals surface area contributed by atoms with Crippen molar-refractivity contribution in [3.8, 4) is 12.1 Å². The van der Waals surface area contributed by atoms with E-state index in [1.807, 2.05) is 121 Å². The summed E-state index contributed by atoms with van der Waals surface area (Å²) < 4.78 is 29.3. The molecule has 5 aromatic rings. The Labute approximate surface area is 247 Å². The van der Waals surface area contributed by atoms with Gasteiger partial charge in [-0.15, -0.1) is 0 Å². The van der Waals surface area contributed by atoms with Gasteiger partial charge in [0.25, 0.3) is 0 Å². The fraction of sp³-hybridized carbons (Fsp3) is 0.135. The van der Waals surface area contributed by atoms with Crippen LogP contribution in [0.4, 0.5) is 0 Å². The lowest BCUT2D eigenvalue weighted by molar-refractivity contribution is 0.269. The number of nitriles is 2. The Hall–Kier alpha value is -4.97. The predicted molar refractivity (Wildman–Crippen MR) is 163 cm³/mol. The van der Waals surface area contributed by atoms with Crippen LogP contribution < -0.4 is 0 Å². The van der Waals surface area contributed by atoms with Crippen LogP contribution >= 0.6 is 0 Å². The summed E-state index contributed by atoms with van der Waals surface area (Å²) in [7, 11) is -3.99. The molecule has 0 N–H and O–H groups in total. The van der Waals surface area contributed by atoms with Crippen molar-refractivity contribution in [2.45, 2.75) is 27.4 Å². The third-order valence-electron chi connectivity index (χ3n) is 8.84. The average Bonchev–Trinajstić information content (AvgIpc) is 3.83. The van der Waals surface area contributed by atoms with E-state index in [1.165, 1.54) is 0 Å². The maximum atomic E-state index is 14.6. The van der Waals surface area contributed by atoms with Gasteiger partial charge in [0.15, 0.2) is 9.84 Å². The lowest BCUT2D eigenvalue weighted by Crippen LogP contribution is -2.53. The minimum absolute atomic E-state index is 0.110. The molecule has 0 unspecified atom stereocenters. The Bertz CT molecular complexity index is 1700. The summed E-state index contributed by atoms with van der Waals surface area (Å²) in [5.41, 5.74) is -1.84. The summed E-state index contributed by atoms with van der Waals surface area (Å²) in [5, 5.41) is 22.0. The molecule has 0 saturated heterocycles. The van der Waals surface area contributed by atoms with Crippen molar-refractivity contribution in [3.63, 3.8) is 0 Å². The SMILES string of the molecule is N#CC(c1ccccc1)(c1ccccc1)C1(C(C#N)(c2ccccc2)c2ccccc2)C[C@@H]1S(=O)(=O)c1ccccc1. The zero-order valence-electron chi connectivity index (χ0n) is 22.8. The quantitative estimate of drug-likeness (QED) is 0.199. The van der Waals surface area contributed by atoms with E-state index in [2.05, 4.69) is 12.1 Å². The third kappa shape index (κ3) is 3.75. The Balaban J connectivity index is 1.81. The molecule has 0 bridgehead atoms. The first kappa shape index (κ1) is 27.2. The maximum Gasteiger partial charge on any atom is 0.181 e. The molecule has 0 spiro atoms. The van der Waals surface area contributed by atoms with Gasteiger partial charge in [-0.3, -0.25) is 0 Å². The van der Waals surface area contributed by atoms with Crippen LogP contribution in [0.1, 0.15) is 28.7 Å². The average molecular weight is 565 g/mol. The molecule has 1 fully saturated rings. The third-order valence-corrected chi connectivity index (χ3v) is 11.1. The molecule has 1 aliphatic carbocycles. The zero-order valence-corrected chi connectivity index (χ0v) is 23.7. The number of hydrogen-bond acceptors (Lipinski definition) is 4. The highest BCUT2D eigenvalue weighted by Crippen LogP contribution is 2.74. The lowest BCUT2D eigenvalue weighted by Gasteiger charge is -2.47. The van der Waals surface area contributed by atoms with Crippen molar-refractivity contribution < 1.29 is 8.42 Å². The highest BCUT2D eigenvalue weighted by Gasteiger charge is 2.81. The zero-order chi connectivity index (χ0) is 29.3. The van der Waals surface area contributed by atoms with Crippen molar-refractivity contribution in [1.29, 1.82) is 10.5 Å². The molecular weight excluding hydrogens is 536 g/mol. The molecule has 5 aromatic carbocycles. The first-order chi connectivity index (χ1) is 20.5. The van der Waals surface area contributed by atoms with Crippen molar-refractivity contribution in [1.82, 2.24) is 0 Å². The van der Waals surface area contributed by atoms with Crippen molar-refractivity contribution in [2.24, 2.45) is 5.41 Å². The van der Waals surface area contributed by atoms with Crippen LogP contribution in [0.2, 0.25) is 0 Å². The second-order valence-corrected chi connectivity index (χ2v) is 12.8. The standard InChI is InChI=1S/C37H28N2O2S/c38-27-35(29-16-6-1-7-17-29,30-18-8-2-9-19-30)37(26-34(37)42(40,41)33-24-14-5-15-25-33)36(28-39,31-20-10-3-11-21-31)32-22-12-4-13-23-32/h1-25,34H,26H2/t34-/m0/s1. The van der Waals surface area contributed by atoms with Gasteiger partial charge in [-0.1, -0.05) is 140 Å². The number of benzene rings is 5. The van der Waals surface area contributed by atoms with Crippen LogP contribution in [0.15, 0.2) is 157 Å². The molecule has 4 nitrogen and oxygen atoms in total. The van der Waals surface area contributed by atoms with Gasteiger partial charge >= 0.3 is 0 Å². The van der Waals surface area contributed by atoms with E-state index in [0.717, 1.165) is 0 Å². The van der Waals surface area contributed by atoms with E-state index in [0.29, 0.717) is 22.3 Å². The van der Waals surface area contributed by atoms with Crippen molar-refractivity contribution in [3.05, 3.63) is 174 Å². The summed E-state index contributed by atoms with van der Waals surface area (Å²) in [6, 6.07) is 51.1. The molecule has 204 valence electrons. The molecule has 0 amide bonds. The molecule has 42 heavy (non-hydrogen) atoms. The normalized spacial score (nSPS) is 16.1. The molecule has 0 aliphatic heterocycles. The molecule has 6 rings (SSSR count). The number of nitrogens with zero attached hydrogens (tertiary/aromatic N) is 2. The molecule has 1 atom stereocenters.